The molecule has 1 aliphatic heterocycles. The Balaban J connectivity index is 1.84. The van der Waals surface area contributed by atoms with Crippen LogP contribution in [0, 0.1) is 5.92 Å². The summed E-state index contributed by atoms with van der Waals surface area (Å²) in [7, 11) is -2.02. The van der Waals surface area contributed by atoms with Gasteiger partial charge >= 0.3 is 0 Å². The van der Waals surface area contributed by atoms with E-state index < -0.39 is 10.0 Å². The van der Waals surface area contributed by atoms with Crippen molar-refractivity contribution in [3.63, 3.8) is 0 Å². The minimum atomic E-state index is -3.82. The van der Waals surface area contributed by atoms with Crippen LogP contribution in [0.3, 0.4) is 0 Å². The topological polar surface area (TPSA) is 95.6 Å². The van der Waals surface area contributed by atoms with Gasteiger partial charge in [0.1, 0.15) is 0 Å². The van der Waals surface area contributed by atoms with E-state index in [0.717, 1.165) is 5.69 Å². The molecule has 1 amide bonds. The van der Waals surface area contributed by atoms with Crippen molar-refractivity contribution in [3.05, 3.63) is 48.0 Å². The molecular weight excluding hydrogens is 366 g/mol. The van der Waals surface area contributed by atoms with Crippen LogP contribution in [0.15, 0.2) is 47.4 Å². The van der Waals surface area contributed by atoms with Crippen molar-refractivity contribution in [3.8, 4) is 0 Å². The zero-order valence-corrected chi connectivity index (χ0v) is 16.1. The van der Waals surface area contributed by atoms with E-state index in [-0.39, 0.29) is 29.0 Å². The first-order chi connectivity index (χ1) is 12.7. The molecule has 0 bridgehead atoms. The Bertz CT molecular complexity index is 998. The van der Waals surface area contributed by atoms with Gasteiger partial charge in [-0.1, -0.05) is 26.0 Å². The van der Waals surface area contributed by atoms with Crippen molar-refractivity contribution in [1.29, 1.82) is 0 Å². The minimum absolute atomic E-state index is 0.0403. The van der Waals surface area contributed by atoms with Gasteiger partial charge in [-0.2, -0.15) is 0 Å². The Morgan fingerprint density at radius 3 is 2.44 bits per heavy atom. The number of likely N-dealkylation sites (N-methyl/N-ethyl adjacent to an activating group) is 1. The molecule has 0 aliphatic carbocycles. The summed E-state index contributed by atoms with van der Waals surface area (Å²) in [6.45, 7) is 3.83. The van der Waals surface area contributed by atoms with E-state index >= 15 is 0 Å². The predicted molar refractivity (Wildman–Crippen MR) is 105 cm³/mol. The normalized spacial score (nSPS) is 13.9. The molecule has 0 fully saturated rings. The molecule has 0 saturated heterocycles. The first-order valence-electron chi connectivity index (χ1n) is 8.49. The maximum Gasteiger partial charge on any atom is 0.261 e. The second kappa shape index (κ2) is 7.03. The number of nitrogens with one attached hydrogen (secondary N) is 2. The van der Waals surface area contributed by atoms with E-state index in [1.54, 1.807) is 44.0 Å². The maximum absolute atomic E-state index is 12.6. The van der Waals surface area contributed by atoms with Gasteiger partial charge in [0.2, 0.25) is 5.91 Å². The summed E-state index contributed by atoms with van der Waals surface area (Å²) in [4.78, 5) is 25.5. The molecular formula is C19H21N3O4S. The van der Waals surface area contributed by atoms with E-state index in [2.05, 4.69) is 10.0 Å². The summed E-state index contributed by atoms with van der Waals surface area (Å²) >= 11 is 0. The van der Waals surface area contributed by atoms with Crippen molar-refractivity contribution in [1.82, 2.24) is 0 Å². The van der Waals surface area contributed by atoms with Gasteiger partial charge in [-0.3, -0.25) is 14.3 Å². The summed E-state index contributed by atoms with van der Waals surface area (Å²) in [6, 6.07) is 10.8. The van der Waals surface area contributed by atoms with Crippen molar-refractivity contribution in [2.75, 3.05) is 28.5 Å². The van der Waals surface area contributed by atoms with Crippen LogP contribution in [0.1, 0.15) is 24.2 Å². The molecule has 0 saturated carbocycles. The number of hydrogen-bond donors (Lipinski definition) is 2. The maximum atomic E-state index is 12.6. The SMILES string of the molecule is CC(C)C(=O)c1ccc(S(=O)(=O)Nc2ccc3c(c2)NC(=O)CN3C)cc1. The summed E-state index contributed by atoms with van der Waals surface area (Å²) in [5, 5.41) is 2.73. The van der Waals surface area contributed by atoms with E-state index in [0.29, 0.717) is 16.9 Å². The van der Waals surface area contributed by atoms with Crippen LogP contribution in [0.25, 0.3) is 0 Å². The number of benzene rings is 2. The fraction of sp³-hybridized carbons (Fsp3) is 0.263. The van der Waals surface area contributed by atoms with Gasteiger partial charge < -0.3 is 10.2 Å². The summed E-state index contributed by atoms with van der Waals surface area (Å²) in [6.07, 6.45) is 0. The van der Waals surface area contributed by atoms with Crippen molar-refractivity contribution in [2.24, 2.45) is 5.92 Å². The number of carbonyl (C=O) groups is 2. The van der Waals surface area contributed by atoms with Crippen LogP contribution in [0.5, 0.6) is 0 Å². The lowest BCUT2D eigenvalue weighted by molar-refractivity contribution is -0.115. The van der Waals surface area contributed by atoms with Crippen molar-refractivity contribution < 1.29 is 18.0 Å². The highest BCUT2D eigenvalue weighted by atomic mass is 32.2. The largest absolute Gasteiger partial charge is 0.364 e. The molecule has 2 aromatic rings. The summed E-state index contributed by atoms with van der Waals surface area (Å²) in [5.74, 6) is -0.355. The molecule has 7 nitrogen and oxygen atoms in total. The number of Topliss-reactive ketones (excluding diaryl/α,β-unsaturated/α-hetero) is 1. The van der Waals surface area contributed by atoms with Crippen molar-refractivity contribution in [2.45, 2.75) is 18.7 Å². The van der Waals surface area contributed by atoms with Crippen LogP contribution in [0.4, 0.5) is 17.1 Å². The molecule has 1 aliphatic rings. The van der Waals surface area contributed by atoms with E-state index in [1.165, 1.54) is 24.3 Å². The third kappa shape index (κ3) is 3.95. The number of carbonyl (C=O) groups excluding carboxylic acids is 2. The monoisotopic (exact) mass is 387 g/mol. The van der Waals surface area contributed by atoms with Gasteiger partial charge in [0.05, 0.1) is 28.5 Å². The van der Waals surface area contributed by atoms with Crippen LogP contribution in [0.2, 0.25) is 0 Å². The number of fused-ring (bicyclic) bond motifs is 1. The van der Waals surface area contributed by atoms with E-state index in [9.17, 15) is 18.0 Å². The molecule has 2 aromatic carbocycles. The zero-order chi connectivity index (χ0) is 19.8. The number of amides is 1. The fourth-order valence-electron chi connectivity index (χ4n) is 2.87. The molecule has 8 heteroatoms. The molecule has 27 heavy (non-hydrogen) atoms. The average Bonchev–Trinajstić information content (AvgIpc) is 2.60. The van der Waals surface area contributed by atoms with Gasteiger partial charge in [-0.25, -0.2) is 8.42 Å². The Morgan fingerprint density at radius 2 is 1.81 bits per heavy atom. The van der Waals surface area contributed by atoms with Gasteiger partial charge in [-0.05, 0) is 30.3 Å². The number of ketones is 1. The van der Waals surface area contributed by atoms with Crippen molar-refractivity contribution >= 4 is 38.8 Å². The first-order valence-corrected chi connectivity index (χ1v) is 9.98. The third-order valence-electron chi connectivity index (χ3n) is 4.29. The highest BCUT2D eigenvalue weighted by molar-refractivity contribution is 7.92. The molecule has 142 valence electrons. The molecule has 0 unspecified atom stereocenters. The van der Waals surface area contributed by atoms with Gasteiger partial charge in [0, 0.05) is 18.5 Å². The van der Waals surface area contributed by atoms with Gasteiger partial charge in [0.25, 0.3) is 10.0 Å². The van der Waals surface area contributed by atoms with Crippen LogP contribution < -0.4 is 14.9 Å². The van der Waals surface area contributed by atoms with Gasteiger partial charge in [0.15, 0.2) is 5.78 Å². The molecule has 3 rings (SSSR count). The molecule has 0 radical (unpaired) electrons. The number of nitrogens with zero attached hydrogens (tertiary/aromatic N) is 1. The molecule has 0 spiro atoms. The standard InChI is InChI=1S/C19H21N3O4S/c1-12(2)19(24)13-4-7-15(8-5-13)27(25,26)21-14-6-9-17-16(10-14)20-18(23)11-22(17)3/h4-10,12,21H,11H2,1-3H3,(H,20,23). The fourth-order valence-corrected chi connectivity index (χ4v) is 3.92. The Labute approximate surface area is 158 Å². The average molecular weight is 387 g/mol. The Hall–Kier alpha value is -2.87. The first kappa shape index (κ1) is 18.9. The molecule has 0 aromatic heterocycles. The molecule has 0 atom stereocenters. The Morgan fingerprint density at radius 1 is 1.15 bits per heavy atom. The number of hydrogen-bond acceptors (Lipinski definition) is 5. The van der Waals surface area contributed by atoms with Crippen LogP contribution in [-0.4, -0.2) is 33.7 Å². The van der Waals surface area contributed by atoms with E-state index in [4.69, 9.17) is 0 Å². The highest BCUT2D eigenvalue weighted by Crippen LogP contribution is 2.32. The lowest BCUT2D eigenvalue weighted by Crippen LogP contribution is -2.35. The molecule has 1 heterocycles. The zero-order valence-electron chi connectivity index (χ0n) is 15.3. The highest BCUT2D eigenvalue weighted by Gasteiger charge is 2.21. The number of anilines is 3. The third-order valence-corrected chi connectivity index (χ3v) is 5.69. The second-order valence-corrected chi connectivity index (χ2v) is 8.47. The Kier molecular flexibility index (Phi) is 4.93. The quantitative estimate of drug-likeness (QED) is 0.769. The van der Waals surface area contributed by atoms with Crippen LogP contribution >= 0.6 is 0 Å². The summed E-state index contributed by atoms with van der Waals surface area (Å²) < 4.78 is 27.7. The lowest BCUT2D eigenvalue weighted by atomic mass is 10.0. The van der Waals surface area contributed by atoms with Crippen LogP contribution in [-0.2, 0) is 14.8 Å². The number of rotatable bonds is 5. The van der Waals surface area contributed by atoms with Gasteiger partial charge in [-0.15, -0.1) is 0 Å². The second-order valence-electron chi connectivity index (χ2n) is 6.78. The minimum Gasteiger partial charge on any atom is -0.364 e. The number of sulfonamides is 1. The smallest absolute Gasteiger partial charge is 0.261 e. The summed E-state index contributed by atoms with van der Waals surface area (Å²) in [5.41, 5.74) is 2.18. The predicted octanol–water partition coefficient (Wildman–Crippen LogP) is 2.71. The lowest BCUT2D eigenvalue weighted by Gasteiger charge is -2.27. The molecule has 2 N–H and O–H groups in total. The van der Waals surface area contributed by atoms with E-state index in [1.807, 2.05) is 0 Å².